The zero-order valence-corrected chi connectivity index (χ0v) is 7.94. The maximum atomic E-state index is 13.5. The summed E-state index contributed by atoms with van der Waals surface area (Å²) in [4.78, 5) is 4.24. The predicted molar refractivity (Wildman–Crippen MR) is 59.2 cm³/mol. The Kier molecular flexibility index (Phi) is 1.68. The molecule has 0 radical (unpaired) electrons. The Bertz CT molecular complexity index is 646. The summed E-state index contributed by atoms with van der Waals surface area (Å²) in [5.41, 5.74) is 0.899. The van der Waals surface area contributed by atoms with Gasteiger partial charge >= 0.3 is 0 Å². The molecule has 0 fully saturated rings. The van der Waals surface area contributed by atoms with Gasteiger partial charge in [-0.15, -0.1) is 0 Å². The molecule has 0 N–H and O–H groups in total. The first-order valence-corrected chi connectivity index (χ1v) is 4.78. The molecule has 72 valence electrons. The van der Waals surface area contributed by atoms with Crippen LogP contribution in [0.1, 0.15) is 0 Å². The van der Waals surface area contributed by atoms with Crippen molar-refractivity contribution >= 4 is 21.7 Å². The summed E-state index contributed by atoms with van der Waals surface area (Å²) < 4.78 is 13.5. The Morgan fingerprint density at radius 1 is 0.800 bits per heavy atom. The fourth-order valence-corrected chi connectivity index (χ4v) is 1.88. The average Bonchev–Trinajstić information content (AvgIpc) is 2.29. The van der Waals surface area contributed by atoms with Gasteiger partial charge in [0.25, 0.3) is 0 Å². The number of pyridine rings is 1. The summed E-state index contributed by atoms with van der Waals surface area (Å²) in [7, 11) is 0. The summed E-state index contributed by atoms with van der Waals surface area (Å²) in [6, 6.07) is 12.6. The van der Waals surface area contributed by atoms with E-state index in [4.69, 9.17) is 0 Å². The predicted octanol–water partition coefficient (Wildman–Crippen LogP) is 3.53. The number of hydrogen-bond donors (Lipinski definition) is 0. The number of nitrogens with zero attached hydrogens (tertiary/aromatic N) is 1. The van der Waals surface area contributed by atoms with E-state index in [9.17, 15) is 4.39 Å². The quantitative estimate of drug-likeness (QED) is 0.502. The smallest absolute Gasteiger partial charge is 0.131 e. The van der Waals surface area contributed by atoms with Gasteiger partial charge in [0.05, 0.1) is 5.52 Å². The van der Waals surface area contributed by atoms with Crippen molar-refractivity contribution in [3.63, 3.8) is 0 Å². The first kappa shape index (κ1) is 8.36. The molecule has 0 saturated carbocycles. The molecule has 0 aliphatic rings. The van der Waals surface area contributed by atoms with Crippen LogP contribution in [-0.2, 0) is 0 Å². The summed E-state index contributed by atoms with van der Waals surface area (Å²) in [6.45, 7) is 0. The van der Waals surface area contributed by atoms with Crippen molar-refractivity contribution in [3.8, 4) is 0 Å². The van der Waals surface area contributed by atoms with Crippen LogP contribution >= 0.6 is 0 Å². The molecule has 0 bridgehead atoms. The highest BCUT2D eigenvalue weighted by Gasteiger charge is 2.03. The fraction of sp³-hybridized carbons (Fsp3) is 0. The van der Waals surface area contributed by atoms with Gasteiger partial charge in [-0.05, 0) is 29.7 Å². The van der Waals surface area contributed by atoms with E-state index in [0.717, 1.165) is 16.3 Å². The monoisotopic (exact) mass is 197 g/mol. The maximum Gasteiger partial charge on any atom is 0.131 e. The van der Waals surface area contributed by atoms with Crippen molar-refractivity contribution in [1.82, 2.24) is 4.98 Å². The molecule has 0 aliphatic carbocycles. The molecule has 0 saturated heterocycles. The van der Waals surface area contributed by atoms with Crippen LogP contribution in [0.5, 0.6) is 0 Å². The van der Waals surface area contributed by atoms with E-state index in [0.29, 0.717) is 5.39 Å². The molecular weight excluding hydrogens is 189 g/mol. The van der Waals surface area contributed by atoms with E-state index in [1.807, 2.05) is 24.3 Å². The van der Waals surface area contributed by atoms with Crippen LogP contribution in [0, 0.1) is 5.82 Å². The van der Waals surface area contributed by atoms with Crippen LogP contribution in [0.15, 0.2) is 48.7 Å². The van der Waals surface area contributed by atoms with Crippen molar-refractivity contribution < 1.29 is 4.39 Å². The number of fused-ring (bicyclic) bond motifs is 3. The van der Waals surface area contributed by atoms with Gasteiger partial charge in [-0.25, -0.2) is 4.39 Å². The zero-order valence-electron chi connectivity index (χ0n) is 7.94. The molecule has 0 spiro atoms. The lowest BCUT2D eigenvalue weighted by molar-refractivity contribution is 0.640. The van der Waals surface area contributed by atoms with Crippen LogP contribution in [0.4, 0.5) is 4.39 Å². The van der Waals surface area contributed by atoms with Crippen molar-refractivity contribution in [1.29, 1.82) is 0 Å². The Labute approximate surface area is 86.2 Å². The highest BCUT2D eigenvalue weighted by atomic mass is 19.1. The largest absolute Gasteiger partial charge is 0.256 e. The zero-order chi connectivity index (χ0) is 10.3. The summed E-state index contributed by atoms with van der Waals surface area (Å²) in [5, 5.41) is 2.56. The molecular formula is C13H8FN. The topological polar surface area (TPSA) is 12.9 Å². The second-order valence-corrected chi connectivity index (χ2v) is 3.47. The Morgan fingerprint density at radius 3 is 2.60 bits per heavy atom. The van der Waals surface area contributed by atoms with Gasteiger partial charge < -0.3 is 0 Å². The molecule has 3 rings (SSSR count). The standard InChI is InChI=1S/C13H8FN/c14-12-5-1-3-9-10(12)6-7-13-11(9)4-2-8-15-13/h1-8H. The molecule has 0 amide bonds. The lowest BCUT2D eigenvalue weighted by Crippen LogP contribution is -1.83. The van der Waals surface area contributed by atoms with Gasteiger partial charge in [-0.1, -0.05) is 18.2 Å². The normalized spacial score (nSPS) is 11.0. The van der Waals surface area contributed by atoms with Crippen LogP contribution < -0.4 is 0 Å². The van der Waals surface area contributed by atoms with Gasteiger partial charge in [0, 0.05) is 17.0 Å². The Hall–Kier alpha value is -1.96. The highest BCUT2D eigenvalue weighted by molar-refractivity contribution is 6.06. The highest BCUT2D eigenvalue weighted by Crippen LogP contribution is 2.25. The van der Waals surface area contributed by atoms with E-state index in [1.54, 1.807) is 18.3 Å². The van der Waals surface area contributed by atoms with Crippen molar-refractivity contribution in [2.45, 2.75) is 0 Å². The minimum Gasteiger partial charge on any atom is -0.256 e. The molecule has 0 atom stereocenters. The maximum absolute atomic E-state index is 13.5. The van der Waals surface area contributed by atoms with Crippen molar-refractivity contribution in [2.24, 2.45) is 0 Å². The van der Waals surface area contributed by atoms with Gasteiger partial charge in [-0.2, -0.15) is 0 Å². The third-order valence-electron chi connectivity index (χ3n) is 2.59. The number of benzene rings is 2. The van der Waals surface area contributed by atoms with E-state index in [1.165, 1.54) is 6.07 Å². The van der Waals surface area contributed by atoms with Crippen molar-refractivity contribution in [3.05, 3.63) is 54.5 Å². The minimum absolute atomic E-state index is 0.182. The lowest BCUT2D eigenvalue weighted by atomic mass is 10.1. The first-order chi connectivity index (χ1) is 7.36. The van der Waals surface area contributed by atoms with Gasteiger partial charge in [0.15, 0.2) is 0 Å². The summed E-state index contributed by atoms with van der Waals surface area (Å²) >= 11 is 0. The molecule has 1 aromatic heterocycles. The summed E-state index contributed by atoms with van der Waals surface area (Å²) in [6.07, 6.45) is 1.74. The fourth-order valence-electron chi connectivity index (χ4n) is 1.88. The Morgan fingerprint density at radius 2 is 1.67 bits per heavy atom. The molecule has 1 heterocycles. The number of rotatable bonds is 0. The van der Waals surface area contributed by atoms with Crippen LogP contribution in [-0.4, -0.2) is 4.98 Å². The molecule has 0 unspecified atom stereocenters. The third-order valence-corrected chi connectivity index (χ3v) is 2.59. The molecule has 2 aromatic carbocycles. The molecule has 3 aromatic rings. The van der Waals surface area contributed by atoms with E-state index >= 15 is 0 Å². The lowest BCUT2D eigenvalue weighted by Gasteiger charge is -2.03. The van der Waals surface area contributed by atoms with Gasteiger partial charge in [0.2, 0.25) is 0 Å². The van der Waals surface area contributed by atoms with Crippen LogP contribution in [0.3, 0.4) is 0 Å². The second-order valence-electron chi connectivity index (χ2n) is 3.47. The Balaban J connectivity index is 2.60. The van der Waals surface area contributed by atoms with Gasteiger partial charge in [0.1, 0.15) is 5.82 Å². The minimum atomic E-state index is -0.182. The number of halogens is 1. The van der Waals surface area contributed by atoms with E-state index in [-0.39, 0.29) is 5.82 Å². The molecule has 15 heavy (non-hydrogen) atoms. The number of aromatic nitrogens is 1. The number of hydrogen-bond acceptors (Lipinski definition) is 1. The molecule has 2 heteroatoms. The van der Waals surface area contributed by atoms with Crippen LogP contribution in [0.25, 0.3) is 21.7 Å². The second kappa shape index (κ2) is 3.02. The van der Waals surface area contributed by atoms with Crippen LogP contribution in [0.2, 0.25) is 0 Å². The molecule has 1 nitrogen and oxygen atoms in total. The molecule has 0 aliphatic heterocycles. The van der Waals surface area contributed by atoms with Gasteiger partial charge in [-0.3, -0.25) is 4.98 Å². The first-order valence-electron chi connectivity index (χ1n) is 4.78. The summed E-state index contributed by atoms with van der Waals surface area (Å²) in [5.74, 6) is -0.182. The third kappa shape index (κ3) is 1.18. The van der Waals surface area contributed by atoms with E-state index in [2.05, 4.69) is 4.98 Å². The van der Waals surface area contributed by atoms with Crippen molar-refractivity contribution in [2.75, 3.05) is 0 Å². The average molecular weight is 197 g/mol. The van der Waals surface area contributed by atoms with E-state index < -0.39 is 0 Å². The SMILES string of the molecule is Fc1cccc2c1ccc1ncccc12.